The highest BCUT2D eigenvalue weighted by Gasteiger charge is 2.44. The first-order valence-electron chi connectivity index (χ1n) is 7.03. The number of benzene rings is 1. The van der Waals surface area contributed by atoms with Gasteiger partial charge in [0.1, 0.15) is 0 Å². The van der Waals surface area contributed by atoms with Crippen LogP contribution >= 0.6 is 0 Å². The minimum absolute atomic E-state index is 0.140. The van der Waals surface area contributed by atoms with Crippen LogP contribution in [0.1, 0.15) is 37.3 Å². The number of hydrogen-bond acceptors (Lipinski definition) is 2. The molecule has 0 bridgehead atoms. The third-order valence-corrected chi connectivity index (χ3v) is 4.66. The van der Waals surface area contributed by atoms with E-state index in [-0.39, 0.29) is 11.6 Å². The van der Waals surface area contributed by atoms with Crippen LogP contribution in [-0.4, -0.2) is 23.5 Å². The molecule has 1 atom stereocenters. The summed E-state index contributed by atoms with van der Waals surface area (Å²) in [7, 11) is 0. The van der Waals surface area contributed by atoms with Gasteiger partial charge in [-0.1, -0.05) is 55.3 Å². The Kier molecular flexibility index (Phi) is 3.23. The monoisotopic (exact) mass is 242 g/mol. The van der Waals surface area contributed by atoms with Crippen LogP contribution in [0, 0.1) is 0 Å². The maximum absolute atomic E-state index is 6.65. The summed E-state index contributed by atoms with van der Waals surface area (Å²) >= 11 is 0. The van der Waals surface area contributed by atoms with Crippen LogP contribution in [0.2, 0.25) is 0 Å². The average Bonchev–Trinajstić information content (AvgIpc) is 3.10. The molecule has 3 rings (SSSR count). The molecular formula is C16H22N2. The van der Waals surface area contributed by atoms with Crippen molar-refractivity contribution in [2.75, 3.05) is 13.1 Å². The summed E-state index contributed by atoms with van der Waals surface area (Å²) in [6.07, 6.45) is 9.67. The third-order valence-electron chi connectivity index (χ3n) is 4.66. The van der Waals surface area contributed by atoms with E-state index >= 15 is 0 Å². The van der Waals surface area contributed by atoms with E-state index < -0.39 is 0 Å². The van der Waals surface area contributed by atoms with Gasteiger partial charge in [-0.3, -0.25) is 4.90 Å². The van der Waals surface area contributed by atoms with Crippen LogP contribution in [-0.2, 0) is 0 Å². The summed E-state index contributed by atoms with van der Waals surface area (Å²) in [5.74, 6) is 0. The van der Waals surface area contributed by atoms with Gasteiger partial charge in [0, 0.05) is 24.7 Å². The van der Waals surface area contributed by atoms with E-state index in [9.17, 15) is 0 Å². The first-order chi connectivity index (χ1) is 8.83. The maximum Gasteiger partial charge on any atom is 0.0482 e. The molecule has 0 radical (unpaired) electrons. The van der Waals surface area contributed by atoms with E-state index in [0.29, 0.717) is 0 Å². The van der Waals surface area contributed by atoms with Gasteiger partial charge in [0.2, 0.25) is 0 Å². The molecule has 1 heterocycles. The van der Waals surface area contributed by atoms with Crippen molar-refractivity contribution < 1.29 is 0 Å². The molecule has 1 aromatic rings. The van der Waals surface area contributed by atoms with Gasteiger partial charge in [0.15, 0.2) is 0 Å². The van der Waals surface area contributed by atoms with Crippen molar-refractivity contribution in [3.8, 4) is 0 Å². The second kappa shape index (κ2) is 4.87. The van der Waals surface area contributed by atoms with Crippen molar-refractivity contribution in [1.82, 2.24) is 4.90 Å². The second-order valence-electron chi connectivity index (χ2n) is 5.58. The van der Waals surface area contributed by atoms with Crippen LogP contribution in [0.3, 0.4) is 0 Å². The lowest BCUT2D eigenvalue weighted by Crippen LogP contribution is -2.52. The molecule has 2 heteroatoms. The van der Waals surface area contributed by atoms with Gasteiger partial charge in [-0.25, -0.2) is 0 Å². The van der Waals surface area contributed by atoms with Gasteiger partial charge in [-0.15, -0.1) is 0 Å². The minimum Gasteiger partial charge on any atom is -0.322 e. The lowest BCUT2D eigenvalue weighted by Gasteiger charge is -2.43. The lowest BCUT2D eigenvalue weighted by atomic mass is 9.82. The van der Waals surface area contributed by atoms with E-state index in [1.807, 2.05) is 0 Å². The SMILES string of the molecule is NC(c1ccccc1)C1(N2CC=CC2)CCCC1. The van der Waals surface area contributed by atoms with Gasteiger partial charge < -0.3 is 5.73 Å². The largest absolute Gasteiger partial charge is 0.322 e. The lowest BCUT2D eigenvalue weighted by molar-refractivity contribution is 0.0981. The van der Waals surface area contributed by atoms with Crippen molar-refractivity contribution >= 4 is 0 Å². The number of nitrogens with zero attached hydrogens (tertiary/aromatic N) is 1. The first-order valence-corrected chi connectivity index (χ1v) is 7.03. The standard InChI is InChI=1S/C16H22N2/c17-15(14-8-2-1-3-9-14)16(10-4-5-11-16)18-12-6-7-13-18/h1-3,6-9,15H,4-5,10-13,17H2. The molecule has 0 amide bonds. The first kappa shape index (κ1) is 11.9. The molecule has 1 saturated carbocycles. The van der Waals surface area contributed by atoms with Crippen LogP contribution < -0.4 is 5.73 Å². The molecule has 18 heavy (non-hydrogen) atoms. The summed E-state index contributed by atoms with van der Waals surface area (Å²) in [5, 5.41) is 0. The van der Waals surface area contributed by atoms with Gasteiger partial charge in [-0.2, -0.15) is 0 Å². The summed E-state index contributed by atoms with van der Waals surface area (Å²) in [5.41, 5.74) is 8.11. The second-order valence-corrected chi connectivity index (χ2v) is 5.58. The van der Waals surface area contributed by atoms with Crippen LogP contribution in [0.4, 0.5) is 0 Å². The van der Waals surface area contributed by atoms with Crippen LogP contribution in [0.5, 0.6) is 0 Å². The van der Waals surface area contributed by atoms with Crippen molar-refractivity contribution in [2.45, 2.75) is 37.3 Å². The molecule has 2 aliphatic rings. The Labute approximate surface area is 109 Å². The van der Waals surface area contributed by atoms with Gasteiger partial charge in [-0.05, 0) is 18.4 Å². The van der Waals surface area contributed by atoms with Crippen LogP contribution in [0.25, 0.3) is 0 Å². The number of rotatable bonds is 3. The Morgan fingerprint density at radius 1 is 1.00 bits per heavy atom. The highest BCUT2D eigenvalue weighted by molar-refractivity contribution is 5.25. The minimum atomic E-state index is 0.140. The quantitative estimate of drug-likeness (QED) is 0.826. The molecule has 96 valence electrons. The van der Waals surface area contributed by atoms with Gasteiger partial charge in [0.25, 0.3) is 0 Å². The molecule has 2 nitrogen and oxygen atoms in total. The number of nitrogens with two attached hydrogens (primary N) is 1. The Morgan fingerprint density at radius 3 is 2.22 bits per heavy atom. The average molecular weight is 242 g/mol. The molecule has 0 aromatic heterocycles. The van der Waals surface area contributed by atoms with E-state index in [1.165, 1.54) is 31.2 Å². The van der Waals surface area contributed by atoms with Crippen LogP contribution in [0.15, 0.2) is 42.5 Å². The fourth-order valence-electron chi connectivity index (χ4n) is 3.62. The Balaban J connectivity index is 1.89. The Morgan fingerprint density at radius 2 is 1.61 bits per heavy atom. The summed E-state index contributed by atoms with van der Waals surface area (Å²) in [6.45, 7) is 2.14. The third kappa shape index (κ3) is 1.90. The van der Waals surface area contributed by atoms with Gasteiger partial charge in [0.05, 0.1) is 0 Å². The van der Waals surface area contributed by atoms with Crippen molar-refractivity contribution in [1.29, 1.82) is 0 Å². The predicted octanol–water partition coefficient (Wildman–Crippen LogP) is 2.87. The summed E-state index contributed by atoms with van der Waals surface area (Å²) in [6, 6.07) is 10.7. The molecular weight excluding hydrogens is 220 g/mol. The zero-order valence-electron chi connectivity index (χ0n) is 10.9. The molecule has 1 aromatic carbocycles. The zero-order chi connectivity index (χ0) is 12.4. The zero-order valence-corrected chi connectivity index (χ0v) is 10.9. The molecule has 2 N–H and O–H groups in total. The van der Waals surface area contributed by atoms with Gasteiger partial charge >= 0.3 is 0 Å². The highest BCUT2D eigenvalue weighted by Crippen LogP contribution is 2.43. The topological polar surface area (TPSA) is 29.3 Å². The van der Waals surface area contributed by atoms with Crippen molar-refractivity contribution in [3.63, 3.8) is 0 Å². The maximum atomic E-state index is 6.65. The van der Waals surface area contributed by atoms with Crippen molar-refractivity contribution in [2.24, 2.45) is 5.73 Å². The van der Waals surface area contributed by atoms with E-state index in [1.54, 1.807) is 0 Å². The Hall–Kier alpha value is -1.12. The van der Waals surface area contributed by atoms with Crippen molar-refractivity contribution in [3.05, 3.63) is 48.0 Å². The molecule has 0 spiro atoms. The smallest absolute Gasteiger partial charge is 0.0482 e. The normalized spacial score (nSPS) is 24.5. The van der Waals surface area contributed by atoms with E-state index in [4.69, 9.17) is 5.73 Å². The predicted molar refractivity (Wildman–Crippen MR) is 75.3 cm³/mol. The van der Waals surface area contributed by atoms with E-state index in [2.05, 4.69) is 47.4 Å². The summed E-state index contributed by atoms with van der Waals surface area (Å²) in [4.78, 5) is 2.58. The molecule has 0 saturated heterocycles. The van der Waals surface area contributed by atoms with E-state index in [0.717, 1.165) is 13.1 Å². The molecule has 1 fully saturated rings. The highest BCUT2D eigenvalue weighted by atomic mass is 15.2. The fourth-order valence-corrected chi connectivity index (χ4v) is 3.62. The molecule has 1 aliphatic carbocycles. The molecule has 1 aliphatic heterocycles. The number of hydrogen-bond donors (Lipinski definition) is 1. The molecule has 1 unspecified atom stereocenters. The fraction of sp³-hybridized carbons (Fsp3) is 0.500. The summed E-state index contributed by atoms with van der Waals surface area (Å²) < 4.78 is 0. The Bertz CT molecular complexity index is 410.